The number of nitrogens with one attached hydrogen (secondary N) is 1. The molecule has 1 aromatic carbocycles. The average Bonchev–Trinajstić information content (AvgIpc) is 2.12. The summed E-state index contributed by atoms with van der Waals surface area (Å²) in [6.07, 6.45) is 0. The van der Waals surface area contributed by atoms with Crippen LogP contribution in [0.15, 0.2) is 12.1 Å². The van der Waals surface area contributed by atoms with Gasteiger partial charge in [0.25, 0.3) is 0 Å². The largest absolute Gasteiger partial charge is 0.271 e. The minimum atomic E-state index is -0.771. The van der Waals surface area contributed by atoms with Crippen LogP contribution in [-0.4, -0.2) is 0 Å². The van der Waals surface area contributed by atoms with Crippen molar-refractivity contribution in [3.63, 3.8) is 0 Å². The van der Waals surface area contributed by atoms with Gasteiger partial charge in [-0.15, -0.1) is 0 Å². The Hall–Kier alpha value is -0.710. The molecule has 0 saturated heterocycles. The Balaban J connectivity index is 3.25. The molecule has 13 heavy (non-hydrogen) atoms. The number of hydrogen-bond donors (Lipinski definition) is 2. The molecule has 0 aromatic heterocycles. The Morgan fingerprint density at radius 3 is 2.62 bits per heavy atom. The number of hydrazine groups is 1. The summed E-state index contributed by atoms with van der Waals surface area (Å²) in [6.45, 7) is 1.54. The van der Waals surface area contributed by atoms with Crippen LogP contribution in [0.4, 0.5) is 8.78 Å². The lowest BCUT2D eigenvalue weighted by molar-refractivity contribution is 0.496. The van der Waals surface area contributed by atoms with Gasteiger partial charge in [0.05, 0.1) is 5.02 Å². The second-order valence-corrected chi connectivity index (χ2v) is 3.05. The van der Waals surface area contributed by atoms with Crippen LogP contribution in [0.3, 0.4) is 0 Å². The number of hydrogen-bond acceptors (Lipinski definition) is 2. The van der Waals surface area contributed by atoms with E-state index in [0.717, 1.165) is 6.07 Å². The van der Waals surface area contributed by atoms with Crippen molar-refractivity contribution in [2.24, 2.45) is 5.84 Å². The van der Waals surface area contributed by atoms with E-state index in [-0.39, 0.29) is 10.6 Å². The summed E-state index contributed by atoms with van der Waals surface area (Å²) in [6, 6.07) is 1.66. The summed E-state index contributed by atoms with van der Waals surface area (Å²) in [7, 11) is 0. The zero-order valence-electron chi connectivity index (χ0n) is 6.94. The maximum Gasteiger partial charge on any atom is 0.149 e. The lowest BCUT2D eigenvalue weighted by Crippen LogP contribution is -2.27. The van der Waals surface area contributed by atoms with Gasteiger partial charge in [0.15, 0.2) is 0 Å². The van der Waals surface area contributed by atoms with Crippen LogP contribution in [0.1, 0.15) is 18.5 Å². The van der Waals surface area contributed by atoms with Crippen LogP contribution in [0.25, 0.3) is 0 Å². The second-order valence-electron chi connectivity index (χ2n) is 2.65. The monoisotopic (exact) mass is 206 g/mol. The van der Waals surface area contributed by atoms with Gasteiger partial charge >= 0.3 is 0 Å². The van der Waals surface area contributed by atoms with Crippen molar-refractivity contribution in [2.75, 3.05) is 0 Å². The molecule has 0 unspecified atom stereocenters. The molecule has 3 N–H and O–H groups in total. The smallest absolute Gasteiger partial charge is 0.149 e. The Bertz CT molecular complexity index is 317. The predicted octanol–water partition coefficient (Wildman–Crippen LogP) is 2.14. The molecular formula is C8H9ClF2N2. The molecule has 0 amide bonds. The van der Waals surface area contributed by atoms with E-state index in [2.05, 4.69) is 5.43 Å². The lowest BCUT2D eigenvalue weighted by Gasteiger charge is -2.12. The summed E-state index contributed by atoms with van der Waals surface area (Å²) in [4.78, 5) is 0. The van der Waals surface area contributed by atoms with Crippen LogP contribution >= 0.6 is 11.6 Å². The van der Waals surface area contributed by atoms with Crippen LogP contribution < -0.4 is 11.3 Å². The highest BCUT2D eigenvalue weighted by molar-refractivity contribution is 6.30. The Kier molecular flexibility index (Phi) is 3.19. The fourth-order valence-corrected chi connectivity index (χ4v) is 1.19. The van der Waals surface area contributed by atoms with Crippen molar-refractivity contribution in [3.8, 4) is 0 Å². The van der Waals surface area contributed by atoms with E-state index in [0.29, 0.717) is 0 Å². The van der Waals surface area contributed by atoms with Crippen molar-refractivity contribution in [1.82, 2.24) is 5.43 Å². The molecule has 0 aliphatic carbocycles. The number of halogens is 3. The molecule has 72 valence electrons. The molecule has 5 heteroatoms. The van der Waals surface area contributed by atoms with Gasteiger partial charge in [-0.1, -0.05) is 11.6 Å². The first-order valence-electron chi connectivity index (χ1n) is 3.67. The van der Waals surface area contributed by atoms with Gasteiger partial charge in [-0.25, -0.2) is 8.78 Å². The molecule has 0 radical (unpaired) electrons. The molecule has 0 bridgehead atoms. The molecule has 0 heterocycles. The molecule has 1 atom stereocenters. The van der Waals surface area contributed by atoms with E-state index in [4.69, 9.17) is 17.4 Å². The minimum absolute atomic E-state index is 0.112. The average molecular weight is 207 g/mol. The lowest BCUT2D eigenvalue weighted by atomic mass is 10.1. The topological polar surface area (TPSA) is 38.0 Å². The molecule has 2 nitrogen and oxygen atoms in total. The first kappa shape index (κ1) is 10.4. The second kappa shape index (κ2) is 4.00. The van der Waals surface area contributed by atoms with E-state index in [9.17, 15) is 8.78 Å². The Morgan fingerprint density at radius 2 is 2.08 bits per heavy atom. The molecule has 0 aliphatic heterocycles. The highest BCUT2D eigenvalue weighted by atomic mass is 35.5. The van der Waals surface area contributed by atoms with Gasteiger partial charge in [0.2, 0.25) is 0 Å². The molecule has 0 aliphatic rings. The summed E-state index contributed by atoms with van der Waals surface area (Å²) in [5.74, 6) is 3.63. The zero-order chi connectivity index (χ0) is 10.0. The first-order valence-corrected chi connectivity index (χ1v) is 4.05. The number of nitrogens with two attached hydrogens (primary N) is 1. The molecule has 0 saturated carbocycles. The summed E-state index contributed by atoms with van der Waals surface area (Å²) >= 11 is 5.48. The third-order valence-corrected chi connectivity index (χ3v) is 2.05. The highest BCUT2D eigenvalue weighted by Crippen LogP contribution is 2.25. The quantitative estimate of drug-likeness (QED) is 0.442. The molecule has 1 aromatic rings. The Labute approximate surface area is 79.7 Å². The van der Waals surface area contributed by atoms with Gasteiger partial charge in [-0.3, -0.25) is 11.3 Å². The fourth-order valence-electron chi connectivity index (χ4n) is 1.02. The molecule has 1 rings (SSSR count). The van der Waals surface area contributed by atoms with Gasteiger partial charge in [0, 0.05) is 11.6 Å². The van der Waals surface area contributed by atoms with Gasteiger partial charge in [-0.2, -0.15) is 0 Å². The predicted molar refractivity (Wildman–Crippen MR) is 47.1 cm³/mol. The maximum absolute atomic E-state index is 13.2. The SMILES string of the molecule is C[C@H](NN)c1c(F)ccc(Cl)c1F. The van der Waals surface area contributed by atoms with Gasteiger partial charge in [-0.05, 0) is 19.1 Å². The van der Waals surface area contributed by atoms with Crippen molar-refractivity contribution in [3.05, 3.63) is 34.4 Å². The fraction of sp³-hybridized carbons (Fsp3) is 0.250. The van der Waals surface area contributed by atoms with Crippen molar-refractivity contribution < 1.29 is 8.78 Å². The van der Waals surface area contributed by atoms with E-state index < -0.39 is 17.7 Å². The molecule has 0 spiro atoms. The number of rotatable bonds is 2. The normalized spacial score (nSPS) is 13.0. The van der Waals surface area contributed by atoms with E-state index in [1.54, 1.807) is 0 Å². The Morgan fingerprint density at radius 1 is 1.46 bits per heavy atom. The highest BCUT2D eigenvalue weighted by Gasteiger charge is 2.17. The minimum Gasteiger partial charge on any atom is -0.271 e. The summed E-state index contributed by atoms with van der Waals surface area (Å²) < 4.78 is 26.3. The summed E-state index contributed by atoms with van der Waals surface area (Å²) in [5.41, 5.74) is 2.11. The molecular weight excluding hydrogens is 198 g/mol. The first-order chi connectivity index (χ1) is 6.07. The molecule has 0 fully saturated rings. The van der Waals surface area contributed by atoms with E-state index >= 15 is 0 Å². The van der Waals surface area contributed by atoms with Gasteiger partial charge in [0.1, 0.15) is 11.6 Å². The van der Waals surface area contributed by atoms with Crippen molar-refractivity contribution in [1.29, 1.82) is 0 Å². The van der Waals surface area contributed by atoms with Crippen LogP contribution in [0, 0.1) is 11.6 Å². The third kappa shape index (κ3) is 1.96. The standard InChI is InChI=1S/C8H9ClF2N2/c1-4(13-12)7-6(10)3-2-5(9)8(7)11/h2-4,13H,12H2,1H3/t4-/m0/s1. The van der Waals surface area contributed by atoms with Crippen molar-refractivity contribution >= 4 is 11.6 Å². The third-order valence-electron chi connectivity index (χ3n) is 1.76. The zero-order valence-corrected chi connectivity index (χ0v) is 7.70. The van der Waals surface area contributed by atoms with E-state index in [1.165, 1.54) is 13.0 Å². The van der Waals surface area contributed by atoms with Crippen LogP contribution in [0.5, 0.6) is 0 Å². The van der Waals surface area contributed by atoms with Crippen LogP contribution in [-0.2, 0) is 0 Å². The van der Waals surface area contributed by atoms with Crippen LogP contribution in [0.2, 0.25) is 5.02 Å². The van der Waals surface area contributed by atoms with E-state index in [1.807, 2.05) is 0 Å². The number of benzene rings is 1. The summed E-state index contributed by atoms with van der Waals surface area (Å²) in [5, 5.41) is -0.112. The van der Waals surface area contributed by atoms with Crippen molar-refractivity contribution in [2.45, 2.75) is 13.0 Å². The van der Waals surface area contributed by atoms with Gasteiger partial charge < -0.3 is 0 Å². The maximum atomic E-state index is 13.2.